The minimum atomic E-state index is -3.40. The molecule has 7 heteroatoms. The standard InChI is InChI=1S/C25H31N3O3S/c1-17(2)28-25(29)24-21(22(26-32(4,30)31)13-14-23(24)27(28)3)16-18-9-8-12-20(15-18)19-10-6-5-7-11-19/h5-12,15,17,21-22,26H,13-14,16H2,1-4H3. The lowest BCUT2D eigenvalue weighted by Crippen LogP contribution is -2.43. The van der Waals surface area contributed by atoms with Gasteiger partial charge in [0.25, 0.3) is 5.56 Å². The van der Waals surface area contributed by atoms with Crippen LogP contribution in [-0.4, -0.2) is 30.1 Å². The fourth-order valence-electron chi connectivity index (χ4n) is 5.05. The second-order valence-electron chi connectivity index (χ2n) is 9.04. The number of rotatable bonds is 6. The lowest BCUT2D eigenvalue weighted by molar-refractivity contribution is 0.409. The minimum Gasteiger partial charge on any atom is -0.289 e. The average Bonchev–Trinajstić information content (AvgIpc) is 3.00. The molecule has 0 amide bonds. The number of benzene rings is 2. The molecule has 2 atom stereocenters. The van der Waals surface area contributed by atoms with E-state index in [2.05, 4.69) is 35.1 Å². The van der Waals surface area contributed by atoms with Crippen LogP contribution >= 0.6 is 0 Å². The fourth-order valence-corrected chi connectivity index (χ4v) is 5.89. The Bertz CT molecular complexity index is 1270. The first-order valence-electron chi connectivity index (χ1n) is 11.1. The van der Waals surface area contributed by atoms with E-state index in [4.69, 9.17) is 0 Å². The average molecular weight is 454 g/mol. The SMILES string of the molecule is CC(C)n1c(=O)c2c(n1C)CCC(NS(C)(=O)=O)C2Cc1cccc(-c2ccccc2)c1. The Balaban J connectivity index is 1.78. The normalized spacial score (nSPS) is 18.7. The number of hydrogen-bond acceptors (Lipinski definition) is 3. The van der Waals surface area contributed by atoms with Crippen molar-refractivity contribution in [3.8, 4) is 11.1 Å². The Morgan fingerprint density at radius 3 is 2.41 bits per heavy atom. The van der Waals surface area contributed by atoms with E-state index in [1.165, 1.54) is 6.26 Å². The second kappa shape index (κ2) is 8.71. The third-order valence-electron chi connectivity index (χ3n) is 6.36. The summed E-state index contributed by atoms with van der Waals surface area (Å²) in [5, 5.41) is 0. The molecule has 6 nitrogen and oxygen atoms in total. The highest BCUT2D eigenvalue weighted by molar-refractivity contribution is 7.88. The Kier molecular flexibility index (Phi) is 6.14. The van der Waals surface area contributed by atoms with E-state index in [1.54, 1.807) is 4.68 Å². The molecule has 0 bridgehead atoms. The molecule has 0 fully saturated rings. The molecule has 0 aliphatic heterocycles. The van der Waals surface area contributed by atoms with E-state index < -0.39 is 10.0 Å². The van der Waals surface area contributed by atoms with E-state index >= 15 is 0 Å². The van der Waals surface area contributed by atoms with Crippen molar-refractivity contribution >= 4 is 10.0 Å². The molecule has 0 spiro atoms. The summed E-state index contributed by atoms with van der Waals surface area (Å²) in [5.41, 5.74) is 5.08. The molecule has 1 heterocycles. The third-order valence-corrected chi connectivity index (χ3v) is 7.09. The molecular weight excluding hydrogens is 422 g/mol. The van der Waals surface area contributed by atoms with Gasteiger partial charge in [-0.3, -0.25) is 9.48 Å². The predicted octanol–water partition coefficient (Wildman–Crippen LogP) is 3.63. The van der Waals surface area contributed by atoms with Crippen LogP contribution in [0.5, 0.6) is 0 Å². The van der Waals surface area contributed by atoms with Gasteiger partial charge >= 0.3 is 0 Å². The zero-order valence-corrected chi connectivity index (χ0v) is 19.9. The van der Waals surface area contributed by atoms with Crippen molar-refractivity contribution in [3.05, 3.63) is 81.8 Å². The molecule has 0 saturated heterocycles. The van der Waals surface area contributed by atoms with Crippen molar-refractivity contribution in [2.24, 2.45) is 7.05 Å². The lowest BCUT2D eigenvalue weighted by Gasteiger charge is -2.31. The first-order valence-corrected chi connectivity index (χ1v) is 13.0. The topological polar surface area (TPSA) is 73.1 Å². The quantitative estimate of drug-likeness (QED) is 0.620. The number of fused-ring (bicyclic) bond motifs is 1. The highest BCUT2D eigenvalue weighted by Gasteiger charge is 2.37. The van der Waals surface area contributed by atoms with Crippen molar-refractivity contribution in [1.29, 1.82) is 0 Å². The molecule has 32 heavy (non-hydrogen) atoms. The van der Waals surface area contributed by atoms with Crippen LogP contribution in [0.3, 0.4) is 0 Å². The zero-order chi connectivity index (χ0) is 23.0. The Hall–Kier alpha value is -2.64. The van der Waals surface area contributed by atoms with Gasteiger partial charge in [-0.25, -0.2) is 17.8 Å². The monoisotopic (exact) mass is 453 g/mol. The molecule has 0 saturated carbocycles. The molecule has 4 rings (SSSR count). The van der Waals surface area contributed by atoms with Crippen LogP contribution in [0, 0.1) is 0 Å². The molecule has 2 unspecified atom stereocenters. The van der Waals surface area contributed by atoms with Gasteiger partial charge in [0.15, 0.2) is 0 Å². The van der Waals surface area contributed by atoms with Gasteiger partial charge in [0.05, 0.1) is 6.26 Å². The van der Waals surface area contributed by atoms with Crippen LogP contribution in [0.15, 0.2) is 59.4 Å². The van der Waals surface area contributed by atoms with Crippen molar-refractivity contribution in [1.82, 2.24) is 14.1 Å². The Morgan fingerprint density at radius 2 is 1.75 bits per heavy atom. The summed E-state index contributed by atoms with van der Waals surface area (Å²) >= 11 is 0. The van der Waals surface area contributed by atoms with Crippen LogP contribution in [0.25, 0.3) is 11.1 Å². The molecule has 1 aliphatic carbocycles. The summed E-state index contributed by atoms with van der Waals surface area (Å²) in [7, 11) is -1.47. The van der Waals surface area contributed by atoms with Gasteiger partial charge in [-0.15, -0.1) is 0 Å². The maximum atomic E-state index is 13.4. The van der Waals surface area contributed by atoms with Crippen molar-refractivity contribution in [3.63, 3.8) is 0 Å². The predicted molar refractivity (Wildman–Crippen MR) is 128 cm³/mol. The summed E-state index contributed by atoms with van der Waals surface area (Å²) in [6, 6.07) is 18.2. The summed E-state index contributed by atoms with van der Waals surface area (Å²) in [6.45, 7) is 3.99. The summed E-state index contributed by atoms with van der Waals surface area (Å²) < 4.78 is 30.8. The fraction of sp³-hybridized carbons (Fsp3) is 0.400. The highest BCUT2D eigenvalue weighted by atomic mass is 32.2. The molecule has 2 aromatic carbocycles. The van der Waals surface area contributed by atoms with Gasteiger partial charge in [-0.2, -0.15) is 0 Å². The van der Waals surface area contributed by atoms with Gasteiger partial charge in [0.1, 0.15) is 0 Å². The first-order chi connectivity index (χ1) is 15.2. The molecule has 170 valence electrons. The Morgan fingerprint density at radius 1 is 1.06 bits per heavy atom. The summed E-state index contributed by atoms with van der Waals surface area (Å²) in [4.78, 5) is 13.4. The van der Waals surface area contributed by atoms with Crippen molar-refractivity contribution in [2.75, 3.05) is 6.26 Å². The largest absolute Gasteiger partial charge is 0.289 e. The van der Waals surface area contributed by atoms with Crippen LogP contribution in [0.1, 0.15) is 49.0 Å². The van der Waals surface area contributed by atoms with Crippen LogP contribution in [-0.2, 0) is 29.9 Å². The van der Waals surface area contributed by atoms with Gasteiger partial charge in [-0.1, -0.05) is 54.6 Å². The molecule has 1 N–H and O–H groups in total. The number of nitrogens with one attached hydrogen (secondary N) is 1. The number of hydrogen-bond donors (Lipinski definition) is 1. The van der Waals surface area contributed by atoms with Crippen LogP contribution in [0.2, 0.25) is 0 Å². The van der Waals surface area contributed by atoms with E-state index in [9.17, 15) is 13.2 Å². The van der Waals surface area contributed by atoms with Gasteiger partial charge in [0, 0.05) is 36.3 Å². The van der Waals surface area contributed by atoms with E-state index in [0.717, 1.165) is 27.9 Å². The maximum absolute atomic E-state index is 13.4. The zero-order valence-electron chi connectivity index (χ0n) is 19.1. The molecule has 1 aliphatic rings. The molecular formula is C25H31N3O3S. The Labute approximate surface area is 189 Å². The van der Waals surface area contributed by atoms with E-state index in [0.29, 0.717) is 19.3 Å². The van der Waals surface area contributed by atoms with Crippen molar-refractivity contribution < 1.29 is 8.42 Å². The number of sulfonamides is 1. The first kappa shape index (κ1) is 22.6. The summed E-state index contributed by atoms with van der Waals surface area (Å²) in [5.74, 6) is -0.224. The van der Waals surface area contributed by atoms with E-state index in [-0.39, 0.29) is 23.6 Å². The minimum absolute atomic E-state index is 0.0123. The van der Waals surface area contributed by atoms with E-state index in [1.807, 2.05) is 49.8 Å². The third kappa shape index (κ3) is 4.45. The van der Waals surface area contributed by atoms with Crippen LogP contribution < -0.4 is 10.3 Å². The van der Waals surface area contributed by atoms with Gasteiger partial charge in [0.2, 0.25) is 10.0 Å². The second-order valence-corrected chi connectivity index (χ2v) is 10.8. The van der Waals surface area contributed by atoms with Crippen LogP contribution in [0.4, 0.5) is 0 Å². The summed E-state index contributed by atoms with van der Waals surface area (Å²) in [6.07, 6.45) is 3.12. The van der Waals surface area contributed by atoms with Crippen molar-refractivity contribution in [2.45, 2.75) is 51.1 Å². The van der Waals surface area contributed by atoms with Gasteiger partial charge < -0.3 is 0 Å². The highest BCUT2D eigenvalue weighted by Crippen LogP contribution is 2.34. The molecule has 1 aromatic heterocycles. The maximum Gasteiger partial charge on any atom is 0.270 e. The van der Waals surface area contributed by atoms with Gasteiger partial charge in [-0.05, 0) is 49.8 Å². The molecule has 3 aromatic rings. The molecule has 0 radical (unpaired) electrons. The lowest BCUT2D eigenvalue weighted by atomic mass is 9.79. The number of nitrogens with zero attached hydrogens (tertiary/aromatic N) is 2. The smallest absolute Gasteiger partial charge is 0.270 e. The number of aromatic nitrogens is 2.